The van der Waals surface area contributed by atoms with Gasteiger partial charge in [-0.3, -0.25) is 14.5 Å². The van der Waals surface area contributed by atoms with Crippen molar-refractivity contribution in [3.63, 3.8) is 0 Å². The Morgan fingerprint density at radius 3 is 2.35 bits per heavy atom. The average Bonchev–Trinajstić information content (AvgIpc) is 2.94. The van der Waals surface area contributed by atoms with E-state index in [4.69, 9.17) is 5.11 Å². The SMILES string of the molecule is CC1CCC(C)N1C(C)C(=O)N1CCCC1CC(=O)O. The van der Waals surface area contributed by atoms with Crippen molar-refractivity contribution in [1.82, 2.24) is 9.80 Å². The van der Waals surface area contributed by atoms with Gasteiger partial charge in [0, 0.05) is 24.7 Å². The van der Waals surface area contributed by atoms with Gasteiger partial charge in [-0.15, -0.1) is 0 Å². The maximum Gasteiger partial charge on any atom is 0.305 e. The first-order valence-electron chi connectivity index (χ1n) is 7.71. The second kappa shape index (κ2) is 6.12. The first kappa shape index (κ1) is 15.3. The zero-order valence-electron chi connectivity index (χ0n) is 12.7. The minimum Gasteiger partial charge on any atom is -0.481 e. The van der Waals surface area contributed by atoms with Crippen molar-refractivity contribution in [3.8, 4) is 0 Å². The van der Waals surface area contributed by atoms with Crippen LogP contribution < -0.4 is 0 Å². The largest absolute Gasteiger partial charge is 0.481 e. The fourth-order valence-corrected chi connectivity index (χ4v) is 3.89. The number of aliphatic carboxylic acids is 1. The summed E-state index contributed by atoms with van der Waals surface area (Å²) in [7, 11) is 0. The smallest absolute Gasteiger partial charge is 0.305 e. The zero-order valence-corrected chi connectivity index (χ0v) is 12.7. The molecule has 1 N–H and O–H groups in total. The van der Waals surface area contributed by atoms with Crippen LogP contribution >= 0.6 is 0 Å². The summed E-state index contributed by atoms with van der Waals surface area (Å²) in [5.41, 5.74) is 0. The van der Waals surface area contributed by atoms with E-state index in [-0.39, 0.29) is 24.4 Å². The molecule has 0 aliphatic carbocycles. The lowest BCUT2D eigenvalue weighted by Crippen LogP contribution is -2.51. The second-order valence-corrected chi connectivity index (χ2v) is 6.32. The highest BCUT2D eigenvalue weighted by Gasteiger charge is 2.39. The summed E-state index contributed by atoms with van der Waals surface area (Å²) < 4.78 is 0. The number of carbonyl (C=O) groups excluding carboxylic acids is 1. The van der Waals surface area contributed by atoms with E-state index in [9.17, 15) is 9.59 Å². The number of amides is 1. The van der Waals surface area contributed by atoms with Gasteiger partial charge in [-0.1, -0.05) is 0 Å². The third-order valence-corrected chi connectivity index (χ3v) is 4.90. The van der Waals surface area contributed by atoms with Gasteiger partial charge < -0.3 is 10.0 Å². The summed E-state index contributed by atoms with van der Waals surface area (Å²) in [6, 6.07) is 0.613. The normalized spacial score (nSPS) is 32.5. The standard InChI is InChI=1S/C15H26N2O3/c1-10-6-7-11(2)17(10)12(3)15(20)16-8-4-5-13(16)9-14(18)19/h10-13H,4-9H2,1-3H3,(H,18,19). The monoisotopic (exact) mass is 282 g/mol. The molecule has 2 aliphatic heterocycles. The molecule has 0 spiro atoms. The fourth-order valence-electron chi connectivity index (χ4n) is 3.89. The Hall–Kier alpha value is -1.10. The number of rotatable bonds is 4. The quantitative estimate of drug-likeness (QED) is 0.853. The van der Waals surface area contributed by atoms with Gasteiger partial charge in [-0.2, -0.15) is 0 Å². The van der Waals surface area contributed by atoms with Gasteiger partial charge in [0.1, 0.15) is 0 Å². The summed E-state index contributed by atoms with van der Waals surface area (Å²) in [5, 5.41) is 8.96. The molecule has 2 aliphatic rings. The van der Waals surface area contributed by atoms with Crippen molar-refractivity contribution in [2.45, 2.75) is 77.0 Å². The van der Waals surface area contributed by atoms with E-state index in [2.05, 4.69) is 18.7 Å². The van der Waals surface area contributed by atoms with E-state index in [1.54, 1.807) is 4.90 Å². The molecule has 2 fully saturated rings. The second-order valence-electron chi connectivity index (χ2n) is 6.32. The Kier molecular flexibility index (Phi) is 4.68. The summed E-state index contributed by atoms with van der Waals surface area (Å²) in [5.74, 6) is -0.709. The first-order valence-corrected chi connectivity index (χ1v) is 7.71. The summed E-state index contributed by atoms with van der Waals surface area (Å²) >= 11 is 0. The molecule has 0 aromatic heterocycles. The minimum atomic E-state index is -0.815. The Morgan fingerprint density at radius 1 is 1.20 bits per heavy atom. The molecule has 2 rings (SSSR count). The zero-order chi connectivity index (χ0) is 14.9. The highest BCUT2D eigenvalue weighted by Crippen LogP contribution is 2.28. The summed E-state index contributed by atoms with van der Waals surface area (Å²) in [6.45, 7) is 7.02. The molecule has 4 unspecified atom stereocenters. The van der Waals surface area contributed by atoms with Crippen molar-refractivity contribution in [1.29, 1.82) is 0 Å². The van der Waals surface area contributed by atoms with Gasteiger partial charge in [0.15, 0.2) is 0 Å². The minimum absolute atomic E-state index is 0.0730. The van der Waals surface area contributed by atoms with Gasteiger partial charge in [0.05, 0.1) is 12.5 Å². The maximum atomic E-state index is 12.7. The van der Waals surface area contributed by atoms with Crippen molar-refractivity contribution in [2.24, 2.45) is 0 Å². The molecule has 0 radical (unpaired) electrons. The van der Waals surface area contributed by atoms with Gasteiger partial charge in [0.2, 0.25) is 5.91 Å². The van der Waals surface area contributed by atoms with Crippen LogP contribution in [0.15, 0.2) is 0 Å². The topological polar surface area (TPSA) is 60.9 Å². The third kappa shape index (κ3) is 2.97. The molecule has 5 nitrogen and oxygen atoms in total. The van der Waals surface area contributed by atoms with E-state index in [0.717, 1.165) is 25.7 Å². The van der Waals surface area contributed by atoms with Crippen LogP contribution in [-0.2, 0) is 9.59 Å². The maximum absolute atomic E-state index is 12.7. The van der Waals surface area contributed by atoms with Crippen molar-refractivity contribution in [2.75, 3.05) is 6.54 Å². The van der Waals surface area contributed by atoms with Gasteiger partial charge in [-0.05, 0) is 46.5 Å². The Morgan fingerprint density at radius 2 is 1.80 bits per heavy atom. The summed E-state index contributed by atoms with van der Waals surface area (Å²) in [6.07, 6.45) is 4.08. The number of carbonyl (C=O) groups is 2. The van der Waals surface area contributed by atoms with Crippen LogP contribution in [0.5, 0.6) is 0 Å². The number of nitrogens with zero attached hydrogens (tertiary/aromatic N) is 2. The highest BCUT2D eigenvalue weighted by atomic mass is 16.4. The summed E-state index contributed by atoms with van der Waals surface area (Å²) in [4.78, 5) is 27.7. The van der Waals surface area contributed by atoms with E-state index in [0.29, 0.717) is 18.6 Å². The number of carboxylic acid groups (broad SMARTS) is 1. The van der Waals surface area contributed by atoms with Crippen LogP contribution in [0, 0.1) is 0 Å². The average molecular weight is 282 g/mol. The number of hydrogen-bond acceptors (Lipinski definition) is 3. The van der Waals surface area contributed by atoms with Crippen LogP contribution in [0.2, 0.25) is 0 Å². The molecule has 4 atom stereocenters. The van der Waals surface area contributed by atoms with Crippen LogP contribution in [0.4, 0.5) is 0 Å². The third-order valence-electron chi connectivity index (χ3n) is 4.90. The van der Waals surface area contributed by atoms with Crippen LogP contribution in [0.1, 0.15) is 52.9 Å². The number of hydrogen-bond donors (Lipinski definition) is 1. The lowest BCUT2D eigenvalue weighted by Gasteiger charge is -2.35. The predicted molar refractivity (Wildman–Crippen MR) is 76.4 cm³/mol. The fraction of sp³-hybridized carbons (Fsp3) is 0.867. The van der Waals surface area contributed by atoms with E-state index < -0.39 is 5.97 Å². The molecule has 5 heteroatoms. The Labute approximate surface area is 120 Å². The van der Waals surface area contributed by atoms with Gasteiger partial charge >= 0.3 is 5.97 Å². The molecule has 20 heavy (non-hydrogen) atoms. The number of likely N-dealkylation sites (tertiary alicyclic amines) is 2. The van der Waals surface area contributed by atoms with Crippen LogP contribution in [0.3, 0.4) is 0 Å². The molecule has 2 heterocycles. The van der Waals surface area contributed by atoms with Crippen molar-refractivity contribution in [3.05, 3.63) is 0 Å². The van der Waals surface area contributed by atoms with Crippen molar-refractivity contribution < 1.29 is 14.7 Å². The molecule has 114 valence electrons. The van der Waals surface area contributed by atoms with E-state index in [1.807, 2.05) is 6.92 Å². The van der Waals surface area contributed by atoms with Crippen LogP contribution in [-0.4, -0.2) is 57.5 Å². The molecular weight excluding hydrogens is 256 g/mol. The molecule has 0 aromatic rings. The lowest BCUT2D eigenvalue weighted by atomic mass is 10.1. The highest BCUT2D eigenvalue weighted by molar-refractivity contribution is 5.83. The molecular formula is C15H26N2O3. The van der Waals surface area contributed by atoms with Crippen molar-refractivity contribution >= 4 is 11.9 Å². The van der Waals surface area contributed by atoms with E-state index >= 15 is 0 Å². The molecule has 0 saturated carbocycles. The Balaban J connectivity index is 2.04. The Bertz CT molecular complexity index is 375. The predicted octanol–water partition coefficient (Wildman–Crippen LogP) is 1.71. The van der Waals surface area contributed by atoms with Crippen LogP contribution in [0.25, 0.3) is 0 Å². The first-order chi connectivity index (χ1) is 9.41. The molecule has 0 bridgehead atoms. The molecule has 1 amide bonds. The molecule has 0 aromatic carbocycles. The van der Waals surface area contributed by atoms with Gasteiger partial charge in [-0.25, -0.2) is 0 Å². The number of carboxylic acids is 1. The van der Waals surface area contributed by atoms with E-state index in [1.165, 1.54) is 0 Å². The lowest BCUT2D eigenvalue weighted by molar-refractivity contribution is -0.142. The van der Waals surface area contributed by atoms with Gasteiger partial charge in [0.25, 0.3) is 0 Å². The molecule has 2 saturated heterocycles.